The maximum absolute atomic E-state index is 11.8. The van der Waals surface area contributed by atoms with Crippen molar-refractivity contribution in [3.63, 3.8) is 0 Å². The van der Waals surface area contributed by atoms with Crippen LogP contribution in [-0.4, -0.2) is 42.9 Å². The Morgan fingerprint density at radius 2 is 2.28 bits per heavy atom. The summed E-state index contributed by atoms with van der Waals surface area (Å²) in [6, 6.07) is 0.170. The smallest absolute Gasteiger partial charge is 0.220 e. The highest BCUT2D eigenvalue weighted by atomic mass is 16.5. The first kappa shape index (κ1) is 13.8. The molecule has 1 aliphatic carbocycles. The van der Waals surface area contributed by atoms with Gasteiger partial charge in [0.25, 0.3) is 0 Å². The van der Waals surface area contributed by atoms with Crippen molar-refractivity contribution in [2.75, 3.05) is 19.8 Å². The predicted octanol–water partition coefficient (Wildman–Crippen LogP) is 0.0175. The van der Waals surface area contributed by atoms with Crippen molar-refractivity contribution in [1.29, 1.82) is 0 Å². The van der Waals surface area contributed by atoms with E-state index in [1.54, 1.807) is 0 Å². The number of rotatable bonds is 5. The molecule has 1 amide bonds. The normalized spacial score (nSPS) is 33.6. The molecule has 2 fully saturated rings. The minimum Gasteiger partial charge on any atom is -0.391 e. The van der Waals surface area contributed by atoms with Crippen LogP contribution in [0.4, 0.5) is 0 Å². The summed E-state index contributed by atoms with van der Waals surface area (Å²) in [6.07, 6.45) is 4.09. The second kappa shape index (κ2) is 6.50. The molecule has 0 aromatic carbocycles. The first-order valence-electron chi connectivity index (χ1n) is 6.95. The predicted molar refractivity (Wildman–Crippen MR) is 67.9 cm³/mol. The molecule has 18 heavy (non-hydrogen) atoms. The van der Waals surface area contributed by atoms with Gasteiger partial charge in [0.2, 0.25) is 5.91 Å². The van der Waals surface area contributed by atoms with Gasteiger partial charge in [0.1, 0.15) is 0 Å². The SMILES string of the molecule is N[C@@H]1CCC[C@H]1CC(=O)NCC(O)C1CCOC1. The number of aliphatic hydroxyl groups excluding tert-OH is 1. The third kappa shape index (κ3) is 3.67. The van der Waals surface area contributed by atoms with Crippen molar-refractivity contribution in [1.82, 2.24) is 5.32 Å². The van der Waals surface area contributed by atoms with Crippen LogP contribution in [0.5, 0.6) is 0 Å². The molecule has 4 N–H and O–H groups in total. The van der Waals surface area contributed by atoms with Gasteiger partial charge >= 0.3 is 0 Å². The van der Waals surface area contributed by atoms with Gasteiger partial charge in [-0.3, -0.25) is 4.79 Å². The van der Waals surface area contributed by atoms with E-state index in [-0.39, 0.29) is 17.9 Å². The topological polar surface area (TPSA) is 84.6 Å². The van der Waals surface area contributed by atoms with Crippen molar-refractivity contribution in [3.8, 4) is 0 Å². The number of hydrogen-bond donors (Lipinski definition) is 3. The van der Waals surface area contributed by atoms with Crippen LogP contribution in [0.1, 0.15) is 32.1 Å². The lowest BCUT2D eigenvalue weighted by Crippen LogP contribution is -2.38. The Labute approximate surface area is 108 Å². The van der Waals surface area contributed by atoms with Gasteiger partial charge < -0.3 is 20.9 Å². The summed E-state index contributed by atoms with van der Waals surface area (Å²) >= 11 is 0. The van der Waals surface area contributed by atoms with Crippen LogP contribution in [0.25, 0.3) is 0 Å². The highest BCUT2D eigenvalue weighted by molar-refractivity contribution is 5.76. The van der Waals surface area contributed by atoms with Crippen LogP contribution < -0.4 is 11.1 Å². The molecule has 0 radical (unpaired) electrons. The summed E-state index contributed by atoms with van der Waals surface area (Å²) in [7, 11) is 0. The maximum Gasteiger partial charge on any atom is 0.220 e. The fourth-order valence-corrected chi connectivity index (χ4v) is 2.87. The lowest BCUT2D eigenvalue weighted by molar-refractivity contribution is -0.122. The van der Waals surface area contributed by atoms with Gasteiger partial charge in [-0.05, 0) is 25.2 Å². The van der Waals surface area contributed by atoms with Gasteiger partial charge in [-0.1, -0.05) is 6.42 Å². The summed E-state index contributed by atoms with van der Waals surface area (Å²) in [5.74, 6) is 0.492. The van der Waals surface area contributed by atoms with Crippen molar-refractivity contribution in [2.24, 2.45) is 17.6 Å². The largest absolute Gasteiger partial charge is 0.391 e. The molecule has 0 aromatic rings. The summed E-state index contributed by atoms with van der Waals surface area (Å²) < 4.78 is 5.22. The monoisotopic (exact) mass is 256 g/mol. The zero-order chi connectivity index (χ0) is 13.0. The molecule has 2 unspecified atom stereocenters. The van der Waals surface area contributed by atoms with E-state index in [2.05, 4.69) is 5.32 Å². The summed E-state index contributed by atoms with van der Waals surface area (Å²) in [5, 5.41) is 12.7. The standard InChI is InChI=1S/C13H24N2O3/c14-11-3-1-2-9(11)6-13(17)15-7-12(16)10-4-5-18-8-10/h9-12,16H,1-8,14H2,(H,15,17)/t9-,10?,11+,12?/m0/s1. The van der Waals surface area contributed by atoms with Gasteiger partial charge in [-0.15, -0.1) is 0 Å². The van der Waals surface area contributed by atoms with Crippen molar-refractivity contribution >= 4 is 5.91 Å². The molecule has 1 aliphatic heterocycles. The second-order valence-corrected chi connectivity index (χ2v) is 5.55. The lowest BCUT2D eigenvalue weighted by Gasteiger charge is -2.19. The maximum atomic E-state index is 11.8. The van der Waals surface area contributed by atoms with Crippen LogP contribution >= 0.6 is 0 Å². The fraction of sp³-hybridized carbons (Fsp3) is 0.923. The fourth-order valence-electron chi connectivity index (χ4n) is 2.87. The van der Waals surface area contributed by atoms with Crippen LogP contribution in [0.2, 0.25) is 0 Å². The van der Waals surface area contributed by atoms with Crippen LogP contribution in [-0.2, 0) is 9.53 Å². The Balaban J connectivity index is 1.64. The zero-order valence-corrected chi connectivity index (χ0v) is 10.8. The van der Waals surface area contributed by atoms with E-state index in [1.807, 2.05) is 0 Å². The van der Waals surface area contributed by atoms with Gasteiger partial charge in [-0.25, -0.2) is 0 Å². The number of amides is 1. The van der Waals surface area contributed by atoms with Crippen LogP contribution in [0.3, 0.4) is 0 Å². The summed E-state index contributed by atoms with van der Waals surface area (Å²) in [5.41, 5.74) is 5.94. The van der Waals surface area contributed by atoms with E-state index in [9.17, 15) is 9.90 Å². The number of hydrogen-bond acceptors (Lipinski definition) is 4. The number of carbonyl (C=O) groups is 1. The van der Waals surface area contributed by atoms with E-state index in [1.165, 1.54) is 0 Å². The first-order valence-corrected chi connectivity index (χ1v) is 6.95. The summed E-state index contributed by atoms with van der Waals surface area (Å²) in [4.78, 5) is 11.8. The Kier molecular flexibility index (Phi) is 4.97. The molecular formula is C13H24N2O3. The Morgan fingerprint density at radius 3 is 2.89 bits per heavy atom. The van der Waals surface area contributed by atoms with E-state index >= 15 is 0 Å². The molecule has 1 heterocycles. The van der Waals surface area contributed by atoms with Crippen molar-refractivity contribution in [2.45, 2.75) is 44.2 Å². The number of aliphatic hydroxyl groups is 1. The number of nitrogens with one attached hydrogen (secondary N) is 1. The first-order chi connectivity index (χ1) is 8.66. The Morgan fingerprint density at radius 1 is 1.44 bits per heavy atom. The van der Waals surface area contributed by atoms with Crippen LogP contribution in [0.15, 0.2) is 0 Å². The van der Waals surface area contributed by atoms with Crippen LogP contribution in [0, 0.1) is 11.8 Å². The third-order valence-electron chi connectivity index (χ3n) is 4.18. The molecule has 5 heteroatoms. The minimum absolute atomic E-state index is 0.00955. The Hall–Kier alpha value is -0.650. The highest BCUT2D eigenvalue weighted by Crippen LogP contribution is 2.26. The summed E-state index contributed by atoms with van der Waals surface area (Å²) in [6.45, 7) is 1.64. The van der Waals surface area contributed by atoms with E-state index < -0.39 is 6.10 Å². The molecular weight excluding hydrogens is 232 g/mol. The molecule has 0 aromatic heterocycles. The van der Waals surface area contributed by atoms with Gasteiger partial charge in [-0.2, -0.15) is 0 Å². The second-order valence-electron chi connectivity index (χ2n) is 5.55. The van der Waals surface area contributed by atoms with Gasteiger partial charge in [0.15, 0.2) is 0 Å². The van der Waals surface area contributed by atoms with E-state index in [0.29, 0.717) is 32.1 Å². The average molecular weight is 256 g/mol. The molecule has 104 valence electrons. The Bertz CT molecular complexity index is 279. The quantitative estimate of drug-likeness (QED) is 0.647. The molecule has 4 atom stereocenters. The highest BCUT2D eigenvalue weighted by Gasteiger charge is 2.27. The minimum atomic E-state index is -0.492. The van der Waals surface area contributed by atoms with E-state index in [4.69, 9.17) is 10.5 Å². The van der Waals surface area contributed by atoms with Gasteiger partial charge in [0.05, 0.1) is 12.7 Å². The van der Waals surface area contributed by atoms with Crippen molar-refractivity contribution < 1.29 is 14.6 Å². The molecule has 2 rings (SSSR count). The number of nitrogens with two attached hydrogens (primary N) is 1. The molecule has 2 aliphatic rings. The van der Waals surface area contributed by atoms with Gasteiger partial charge in [0, 0.05) is 31.5 Å². The molecule has 0 spiro atoms. The molecule has 0 bridgehead atoms. The lowest BCUT2D eigenvalue weighted by atomic mass is 9.99. The zero-order valence-electron chi connectivity index (χ0n) is 10.8. The molecule has 5 nitrogen and oxygen atoms in total. The van der Waals surface area contributed by atoms with Crippen molar-refractivity contribution in [3.05, 3.63) is 0 Å². The number of carbonyl (C=O) groups excluding carboxylic acids is 1. The molecule has 1 saturated heterocycles. The molecule has 1 saturated carbocycles. The number of ether oxygens (including phenoxy) is 1. The van der Waals surface area contributed by atoms with E-state index in [0.717, 1.165) is 25.7 Å². The average Bonchev–Trinajstić information content (AvgIpc) is 2.99. The third-order valence-corrected chi connectivity index (χ3v) is 4.18.